The Morgan fingerprint density at radius 2 is 2.00 bits per heavy atom. The van der Waals surface area contributed by atoms with Crippen LogP contribution < -0.4 is 10.1 Å². The number of nitrogens with zero attached hydrogens (tertiary/aromatic N) is 1. The van der Waals surface area contributed by atoms with Gasteiger partial charge in [0.2, 0.25) is 0 Å². The first-order valence-corrected chi connectivity index (χ1v) is 9.44. The van der Waals surface area contributed by atoms with Crippen molar-refractivity contribution in [1.29, 1.82) is 0 Å². The van der Waals surface area contributed by atoms with Gasteiger partial charge in [0.15, 0.2) is 6.61 Å². The maximum Gasteiger partial charge on any atom is 0.258 e. The summed E-state index contributed by atoms with van der Waals surface area (Å²) < 4.78 is 16.6. The minimum Gasteiger partial charge on any atom is -0.484 e. The fraction of sp³-hybridized carbons (Fsp3) is 0.450. The predicted octanol–water partition coefficient (Wildman–Crippen LogP) is 3.12. The van der Waals surface area contributed by atoms with Gasteiger partial charge in [-0.1, -0.05) is 11.6 Å². The van der Waals surface area contributed by atoms with Gasteiger partial charge < -0.3 is 19.2 Å². The van der Waals surface area contributed by atoms with Gasteiger partial charge in [0, 0.05) is 24.7 Å². The van der Waals surface area contributed by atoms with Crippen molar-refractivity contribution < 1.29 is 18.7 Å². The van der Waals surface area contributed by atoms with Crippen molar-refractivity contribution in [3.8, 4) is 5.75 Å². The average Bonchev–Trinajstić information content (AvgIpc) is 3.20. The van der Waals surface area contributed by atoms with Crippen LogP contribution in [0.5, 0.6) is 5.75 Å². The number of hydrogen-bond donors (Lipinski definition) is 1. The van der Waals surface area contributed by atoms with Crippen LogP contribution in [0.1, 0.15) is 22.9 Å². The van der Waals surface area contributed by atoms with E-state index in [0.29, 0.717) is 25.5 Å². The fourth-order valence-electron chi connectivity index (χ4n) is 3.18. The molecule has 2 heterocycles. The number of aryl methyl sites for hydroxylation is 2. The minimum absolute atomic E-state index is 0.0205. The maximum absolute atomic E-state index is 12.3. The number of furan rings is 1. The molecule has 0 radical (unpaired) electrons. The van der Waals surface area contributed by atoms with Crippen molar-refractivity contribution >= 4 is 17.5 Å². The third kappa shape index (κ3) is 5.25. The summed E-state index contributed by atoms with van der Waals surface area (Å²) in [6, 6.07) is 7.44. The maximum atomic E-state index is 12.3. The largest absolute Gasteiger partial charge is 0.484 e. The van der Waals surface area contributed by atoms with Gasteiger partial charge in [-0.15, -0.1) is 0 Å². The Kier molecular flexibility index (Phi) is 6.77. The number of hydrogen-bond acceptors (Lipinski definition) is 5. The molecule has 0 spiro atoms. The van der Waals surface area contributed by atoms with E-state index in [-0.39, 0.29) is 18.6 Å². The molecule has 1 N–H and O–H groups in total. The Bertz CT molecular complexity index is 734. The van der Waals surface area contributed by atoms with Gasteiger partial charge in [-0.05, 0) is 49.2 Å². The Morgan fingerprint density at radius 3 is 2.63 bits per heavy atom. The molecule has 146 valence electrons. The van der Waals surface area contributed by atoms with Crippen LogP contribution in [0, 0.1) is 13.8 Å². The van der Waals surface area contributed by atoms with Crippen LogP contribution in [0.15, 0.2) is 34.9 Å². The SMILES string of the molecule is Cc1cc(OCC(=O)NCC(c2ccco2)N2CCOCC2)cc(C)c1Cl. The van der Waals surface area contributed by atoms with Gasteiger partial charge in [0.25, 0.3) is 5.91 Å². The van der Waals surface area contributed by atoms with E-state index in [0.717, 1.165) is 35.0 Å². The normalized spacial score (nSPS) is 16.1. The highest BCUT2D eigenvalue weighted by Crippen LogP contribution is 2.26. The van der Waals surface area contributed by atoms with Crippen LogP contribution in [0.2, 0.25) is 5.02 Å². The van der Waals surface area contributed by atoms with E-state index in [1.807, 2.05) is 38.1 Å². The van der Waals surface area contributed by atoms with Crippen LogP contribution >= 0.6 is 11.6 Å². The molecular weight excluding hydrogens is 368 g/mol. The Balaban J connectivity index is 1.54. The summed E-state index contributed by atoms with van der Waals surface area (Å²) in [6.07, 6.45) is 1.65. The zero-order valence-electron chi connectivity index (χ0n) is 15.7. The molecule has 1 fully saturated rings. The highest BCUT2D eigenvalue weighted by molar-refractivity contribution is 6.32. The van der Waals surface area contributed by atoms with E-state index in [2.05, 4.69) is 10.2 Å². The van der Waals surface area contributed by atoms with Crippen LogP contribution in [-0.2, 0) is 9.53 Å². The molecule has 6 nitrogen and oxygen atoms in total. The molecule has 0 bridgehead atoms. The summed E-state index contributed by atoms with van der Waals surface area (Å²) in [5.74, 6) is 1.30. The van der Waals surface area contributed by atoms with Crippen molar-refractivity contribution in [3.05, 3.63) is 52.4 Å². The molecule has 1 unspecified atom stereocenters. The smallest absolute Gasteiger partial charge is 0.258 e. The van der Waals surface area contributed by atoms with Gasteiger partial charge in [-0.25, -0.2) is 0 Å². The number of nitrogens with one attached hydrogen (secondary N) is 1. The van der Waals surface area contributed by atoms with Crippen molar-refractivity contribution in [2.24, 2.45) is 0 Å². The number of ether oxygens (including phenoxy) is 2. The first-order chi connectivity index (χ1) is 13.0. The Labute approximate surface area is 164 Å². The Hall–Kier alpha value is -2.02. The van der Waals surface area contributed by atoms with E-state index in [1.165, 1.54) is 0 Å². The summed E-state index contributed by atoms with van der Waals surface area (Å²) >= 11 is 6.16. The van der Waals surface area contributed by atoms with Crippen molar-refractivity contribution in [3.63, 3.8) is 0 Å². The molecule has 1 aromatic carbocycles. The molecule has 1 amide bonds. The highest BCUT2D eigenvalue weighted by Gasteiger charge is 2.25. The monoisotopic (exact) mass is 392 g/mol. The molecule has 0 aliphatic carbocycles. The second-order valence-electron chi connectivity index (χ2n) is 6.64. The number of carbonyl (C=O) groups excluding carboxylic acids is 1. The molecular formula is C20H25ClN2O4. The third-order valence-corrected chi connectivity index (χ3v) is 5.23. The zero-order valence-corrected chi connectivity index (χ0v) is 16.4. The van der Waals surface area contributed by atoms with E-state index in [4.69, 9.17) is 25.5 Å². The van der Waals surface area contributed by atoms with E-state index in [1.54, 1.807) is 6.26 Å². The molecule has 3 rings (SSSR count). The summed E-state index contributed by atoms with van der Waals surface area (Å²) in [4.78, 5) is 14.5. The highest BCUT2D eigenvalue weighted by atomic mass is 35.5. The molecule has 1 aliphatic rings. The first-order valence-electron chi connectivity index (χ1n) is 9.06. The molecule has 0 saturated carbocycles. The van der Waals surface area contributed by atoms with Gasteiger partial charge in [0.1, 0.15) is 11.5 Å². The summed E-state index contributed by atoms with van der Waals surface area (Å²) in [7, 11) is 0. The lowest BCUT2D eigenvalue weighted by Crippen LogP contribution is -2.44. The van der Waals surface area contributed by atoms with Crippen molar-refractivity contribution in [2.75, 3.05) is 39.5 Å². The molecule has 1 atom stereocenters. The molecule has 2 aromatic rings. The van der Waals surface area contributed by atoms with Gasteiger partial charge in [-0.3, -0.25) is 9.69 Å². The number of benzene rings is 1. The standard InChI is InChI=1S/C20H25ClN2O4/c1-14-10-16(11-15(2)20(14)21)27-13-19(24)22-12-17(18-4-3-7-26-18)23-5-8-25-9-6-23/h3-4,7,10-11,17H,5-6,8-9,12-13H2,1-2H3,(H,22,24). The zero-order chi connectivity index (χ0) is 19.2. The summed E-state index contributed by atoms with van der Waals surface area (Å²) in [5, 5.41) is 3.67. The second kappa shape index (κ2) is 9.26. The summed E-state index contributed by atoms with van der Waals surface area (Å²) in [6.45, 7) is 7.22. The fourth-order valence-corrected chi connectivity index (χ4v) is 3.29. The lowest BCUT2D eigenvalue weighted by molar-refractivity contribution is -0.123. The Morgan fingerprint density at radius 1 is 1.30 bits per heavy atom. The van der Waals surface area contributed by atoms with E-state index >= 15 is 0 Å². The quantitative estimate of drug-likeness (QED) is 0.784. The first kappa shape index (κ1) is 19.7. The minimum atomic E-state index is -0.176. The van der Waals surface area contributed by atoms with Gasteiger partial charge in [-0.2, -0.15) is 0 Å². The number of morpholine rings is 1. The van der Waals surface area contributed by atoms with Gasteiger partial charge in [0.05, 0.1) is 25.5 Å². The van der Waals surface area contributed by atoms with Crippen LogP contribution in [-0.4, -0.2) is 50.3 Å². The lowest BCUT2D eigenvalue weighted by Gasteiger charge is -2.33. The van der Waals surface area contributed by atoms with Crippen LogP contribution in [0.4, 0.5) is 0 Å². The number of amides is 1. The molecule has 7 heteroatoms. The van der Waals surface area contributed by atoms with E-state index < -0.39 is 0 Å². The van der Waals surface area contributed by atoms with Crippen LogP contribution in [0.3, 0.4) is 0 Å². The average molecular weight is 393 g/mol. The lowest BCUT2D eigenvalue weighted by atomic mass is 10.1. The number of halogens is 1. The molecule has 27 heavy (non-hydrogen) atoms. The van der Waals surface area contributed by atoms with Crippen molar-refractivity contribution in [1.82, 2.24) is 10.2 Å². The van der Waals surface area contributed by atoms with Crippen molar-refractivity contribution in [2.45, 2.75) is 19.9 Å². The molecule has 1 saturated heterocycles. The predicted molar refractivity (Wildman–Crippen MR) is 103 cm³/mol. The topological polar surface area (TPSA) is 63.9 Å². The van der Waals surface area contributed by atoms with Crippen LogP contribution in [0.25, 0.3) is 0 Å². The van der Waals surface area contributed by atoms with E-state index in [9.17, 15) is 4.79 Å². The summed E-state index contributed by atoms with van der Waals surface area (Å²) in [5.41, 5.74) is 1.86. The molecule has 1 aromatic heterocycles. The number of rotatable bonds is 7. The third-order valence-electron chi connectivity index (χ3n) is 4.63. The van der Waals surface area contributed by atoms with Gasteiger partial charge >= 0.3 is 0 Å². The second-order valence-corrected chi connectivity index (χ2v) is 7.02. The number of carbonyl (C=O) groups is 1. The molecule has 1 aliphatic heterocycles.